The van der Waals surface area contributed by atoms with Crippen LogP contribution in [0.1, 0.15) is 20.1 Å². The number of aromatic carboxylic acids is 1. The summed E-state index contributed by atoms with van der Waals surface area (Å²) in [6.45, 7) is 2.26. The van der Waals surface area contributed by atoms with Crippen LogP contribution in [0.4, 0.5) is 0 Å². The van der Waals surface area contributed by atoms with E-state index in [9.17, 15) is 9.59 Å². The van der Waals surface area contributed by atoms with Crippen LogP contribution >= 0.6 is 11.3 Å². The van der Waals surface area contributed by atoms with E-state index < -0.39 is 5.97 Å². The highest BCUT2D eigenvalue weighted by Gasteiger charge is 2.12. The van der Waals surface area contributed by atoms with Crippen LogP contribution in [-0.4, -0.2) is 15.6 Å². The Morgan fingerprint density at radius 3 is 2.71 bits per heavy atom. The van der Waals surface area contributed by atoms with E-state index in [1.54, 1.807) is 22.8 Å². The molecule has 0 aliphatic carbocycles. The van der Waals surface area contributed by atoms with Gasteiger partial charge < -0.3 is 9.67 Å². The summed E-state index contributed by atoms with van der Waals surface area (Å²) >= 11 is 1.24. The van der Waals surface area contributed by atoms with Crippen molar-refractivity contribution < 1.29 is 9.90 Å². The Hall–Kier alpha value is -2.40. The number of benzene rings is 1. The number of fused-ring (bicyclic) bond motifs is 1. The molecule has 1 N–H and O–H groups in total. The van der Waals surface area contributed by atoms with Crippen molar-refractivity contribution >= 4 is 28.2 Å². The smallest absolute Gasteiger partial charge is 0.345 e. The number of pyridine rings is 1. The normalized spacial score (nSPS) is 10.9. The van der Waals surface area contributed by atoms with Crippen LogP contribution in [0.3, 0.4) is 0 Å². The number of carboxylic acids is 1. The van der Waals surface area contributed by atoms with Crippen LogP contribution in [0.25, 0.3) is 10.9 Å². The molecule has 1 aromatic carbocycles. The number of nitrogens with zero attached hydrogens (tertiary/aromatic N) is 1. The lowest BCUT2D eigenvalue weighted by atomic mass is 10.2. The lowest BCUT2D eigenvalue weighted by molar-refractivity contribution is 0.0702. The van der Waals surface area contributed by atoms with Gasteiger partial charge in [0.15, 0.2) is 0 Å². The lowest BCUT2D eigenvalue weighted by Crippen LogP contribution is -2.19. The van der Waals surface area contributed by atoms with Crippen molar-refractivity contribution in [2.45, 2.75) is 13.5 Å². The number of aromatic nitrogens is 1. The van der Waals surface area contributed by atoms with Gasteiger partial charge in [-0.15, -0.1) is 11.3 Å². The summed E-state index contributed by atoms with van der Waals surface area (Å²) in [5, 5.41) is 10.0. The van der Waals surface area contributed by atoms with E-state index in [0.29, 0.717) is 11.4 Å². The molecule has 3 aromatic rings. The third kappa shape index (κ3) is 2.48. The lowest BCUT2D eigenvalue weighted by Gasteiger charge is -2.09. The molecule has 0 spiro atoms. The Balaban J connectivity index is 2.12. The largest absolute Gasteiger partial charge is 0.477 e. The summed E-state index contributed by atoms with van der Waals surface area (Å²) < 4.78 is 1.68. The zero-order chi connectivity index (χ0) is 15.0. The number of hydrogen-bond donors (Lipinski definition) is 1. The summed E-state index contributed by atoms with van der Waals surface area (Å²) in [5.74, 6) is -0.931. The number of aryl methyl sites for hydroxylation is 1. The van der Waals surface area contributed by atoms with Crippen molar-refractivity contribution in [3.63, 3.8) is 0 Å². The fourth-order valence-electron chi connectivity index (χ4n) is 2.36. The first kappa shape index (κ1) is 13.6. The maximum atomic E-state index is 12.1. The fraction of sp³-hybridized carbons (Fsp3) is 0.125. The van der Waals surface area contributed by atoms with Crippen molar-refractivity contribution in [2.75, 3.05) is 0 Å². The maximum absolute atomic E-state index is 12.1. The van der Waals surface area contributed by atoms with Crippen molar-refractivity contribution in [2.24, 2.45) is 0 Å². The van der Waals surface area contributed by atoms with Gasteiger partial charge in [-0.3, -0.25) is 4.79 Å². The van der Waals surface area contributed by atoms with Gasteiger partial charge >= 0.3 is 5.97 Å². The van der Waals surface area contributed by atoms with E-state index in [1.807, 2.05) is 31.2 Å². The molecule has 21 heavy (non-hydrogen) atoms. The monoisotopic (exact) mass is 299 g/mol. The molecule has 0 atom stereocenters. The molecular weight excluding hydrogens is 286 g/mol. The summed E-state index contributed by atoms with van der Waals surface area (Å²) in [7, 11) is 0. The van der Waals surface area contributed by atoms with Crippen LogP contribution < -0.4 is 5.56 Å². The Bertz CT molecular complexity index is 892. The van der Waals surface area contributed by atoms with Crippen LogP contribution in [0.5, 0.6) is 0 Å². The molecule has 3 rings (SSSR count). The van der Waals surface area contributed by atoms with E-state index in [1.165, 1.54) is 11.3 Å². The molecule has 0 aliphatic heterocycles. The van der Waals surface area contributed by atoms with Crippen molar-refractivity contribution in [3.8, 4) is 0 Å². The van der Waals surface area contributed by atoms with Crippen molar-refractivity contribution in [3.05, 3.63) is 68.1 Å². The number of rotatable bonds is 3. The summed E-state index contributed by atoms with van der Waals surface area (Å²) in [4.78, 5) is 24.4. The molecule has 5 heteroatoms. The Morgan fingerprint density at radius 1 is 1.24 bits per heavy atom. The number of para-hydroxylation sites is 1. The van der Waals surface area contributed by atoms with Gasteiger partial charge in [-0.05, 0) is 36.1 Å². The van der Waals surface area contributed by atoms with Crippen LogP contribution in [0, 0.1) is 6.92 Å². The van der Waals surface area contributed by atoms with Gasteiger partial charge in [-0.1, -0.05) is 18.2 Å². The third-order valence-electron chi connectivity index (χ3n) is 3.46. The molecule has 0 saturated carbocycles. The van der Waals surface area contributed by atoms with Crippen LogP contribution in [0.2, 0.25) is 0 Å². The Labute approximate surface area is 124 Å². The van der Waals surface area contributed by atoms with Crippen molar-refractivity contribution in [1.82, 2.24) is 4.57 Å². The zero-order valence-electron chi connectivity index (χ0n) is 11.4. The first-order chi connectivity index (χ1) is 10.1. The summed E-state index contributed by atoms with van der Waals surface area (Å²) in [5.41, 5.74) is 1.64. The number of thiophene rings is 1. The van der Waals surface area contributed by atoms with E-state index in [0.717, 1.165) is 21.3 Å². The first-order valence-corrected chi connectivity index (χ1v) is 7.29. The molecular formula is C16H13NO3S. The topological polar surface area (TPSA) is 59.3 Å². The van der Waals surface area contributed by atoms with Gasteiger partial charge in [0.2, 0.25) is 0 Å². The molecule has 0 amide bonds. The molecule has 2 heterocycles. The van der Waals surface area contributed by atoms with E-state index in [2.05, 4.69) is 0 Å². The molecule has 0 bridgehead atoms. The number of carboxylic acid groups (broad SMARTS) is 1. The first-order valence-electron chi connectivity index (χ1n) is 6.47. The highest BCUT2D eigenvalue weighted by atomic mass is 32.1. The van der Waals surface area contributed by atoms with Gasteiger partial charge in [0.05, 0.1) is 12.1 Å². The Kier molecular flexibility index (Phi) is 3.35. The van der Waals surface area contributed by atoms with E-state index in [4.69, 9.17) is 5.11 Å². The quantitative estimate of drug-likeness (QED) is 0.808. The highest BCUT2D eigenvalue weighted by molar-refractivity contribution is 7.14. The minimum absolute atomic E-state index is 0.0869. The average Bonchev–Trinajstić information content (AvgIpc) is 2.84. The second-order valence-electron chi connectivity index (χ2n) is 4.81. The molecule has 0 radical (unpaired) electrons. The maximum Gasteiger partial charge on any atom is 0.345 e. The van der Waals surface area contributed by atoms with Gasteiger partial charge in [0, 0.05) is 10.9 Å². The van der Waals surface area contributed by atoms with Gasteiger partial charge in [-0.25, -0.2) is 4.79 Å². The molecule has 4 nitrogen and oxygen atoms in total. The second kappa shape index (κ2) is 5.18. The Morgan fingerprint density at radius 2 is 2.00 bits per heavy atom. The van der Waals surface area contributed by atoms with Crippen LogP contribution in [-0.2, 0) is 6.54 Å². The molecule has 106 valence electrons. The molecule has 0 saturated heterocycles. The zero-order valence-corrected chi connectivity index (χ0v) is 12.2. The summed E-state index contributed by atoms with van der Waals surface area (Å²) in [6, 6.07) is 12.7. The molecule has 2 aromatic heterocycles. The molecule has 0 fully saturated rings. The van der Waals surface area contributed by atoms with Gasteiger partial charge in [0.1, 0.15) is 4.88 Å². The summed E-state index contributed by atoms with van der Waals surface area (Å²) in [6.07, 6.45) is 0. The fourth-order valence-corrected chi connectivity index (χ4v) is 3.23. The SMILES string of the molecule is Cc1sc(C(=O)O)cc1Cn1c(=O)ccc2ccccc21. The standard InChI is InChI=1S/C16H13NO3S/c1-10-12(8-14(21-10)16(19)20)9-17-13-5-3-2-4-11(13)6-7-15(17)18/h2-8H,9H2,1H3,(H,19,20). The molecule has 0 unspecified atom stereocenters. The number of carbonyl (C=O) groups is 1. The van der Waals surface area contributed by atoms with E-state index in [-0.39, 0.29) is 5.56 Å². The predicted molar refractivity (Wildman–Crippen MR) is 83.3 cm³/mol. The van der Waals surface area contributed by atoms with Crippen LogP contribution in [0.15, 0.2) is 47.3 Å². The van der Waals surface area contributed by atoms with E-state index >= 15 is 0 Å². The molecule has 0 aliphatic rings. The highest BCUT2D eigenvalue weighted by Crippen LogP contribution is 2.23. The second-order valence-corrected chi connectivity index (χ2v) is 6.07. The predicted octanol–water partition coefficient (Wildman–Crippen LogP) is 3.12. The minimum Gasteiger partial charge on any atom is -0.477 e. The van der Waals surface area contributed by atoms with Gasteiger partial charge in [-0.2, -0.15) is 0 Å². The average molecular weight is 299 g/mol. The minimum atomic E-state index is -0.931. The number of hydrogen-bond acceptors (Lipinski definition) is 3. The third-order valence-corrected chi connectivity index (χ3v) is 4.54. The van der Waals surface area contributed by atoms with Crippen molar-refractivity contribution in [1.29, 1.82) is 0 Å². The van der Waals surface area contributed by atoms with Gasteiger partial charge in [0.25, 0.3) is 5.56 Å².